The van der Waals surface area contributed by atoms with Gasteiger partial charge in [0.1, 0.15) is 0 Å². The van der Waals surface area contributed by atoms with E-state index in [0.29, 0.717) is 19.7 Å². The molecule has 3 amide bonds. The highest BCUT2D eigenvalue weighted by atomic mass is 16.5. The van der Waals surface area contributed by atoms with Gasteiger partial charge in [-0.25, -0.2) is 4.79 Å². The number of ether oxygens (including phenoxy) is 1. The second-order valence-corrected chi connectivity index (χ2v) is 4.08. The number of amides is 3. The first-order valence-electron chi connectivity index (χ1n) is 5.92. The maximum Gasteiger partial charge on any atom is 0.321 e. The summed E-state index contributed by atoms with van der Waals surface area (Å²) in [6.45, 7) is 5.03. The van der Waals surface area contributed by atoms with Crippen molar-refractivity contribution in [2.24, 2.45) is 0 Å². The van der Waals surface area contributed by atoms with Crippen molar-refractivity contribution >= 4 is 11.9 Å². The Labute approximate surface area is 107 Å². The third-order valence-corrected chi connectivity index (χ3v) is 2.31. The first-order valence-corrected chi connectivity index (χ1v) is 5.92. The molecule has 0 aliphatic rings. The van der Waals surface area contributed by atoms with Crippen LogP contribution in [0.1, 0.15) is 13.8 Å². The van der Waals surface area contributed by atoms with Crippen LogP contribution in [0, 0.1) is 0 Å². The molecular weight excluding hydrogens is 238 g/mol. The maximum atomic E-state index is 11.5. The van der Waals surface area contributed by atoms with Crippen LogP contribution in [-0.4, -0.2) is 67.9 Å². The topological polar surface area (TPSA) is 90.9 Å². The van der Waals surface area contributed by atoms with Crippen LogP contribution in [0.2, 0.25) is 0 Å². The number of imide groups is 1. The van der Waals surface area contributed by atoms with Gasteiger partial charge in [0.05, 0.1) is 19.8 Å². The average Bonchev–Trinajstić information content (AvgIpc) is 2.28. The number of urea groups is 1. The highest BCUT2D eigenvalue weighted by Crippen LogP contribution is 1.96. The van der Waals surface area contributed by atoms with Crippen molar-refractivity contribution in [1.29, 1.82) is 0 Å². The van der Waals surface area contributed by atoms with Crippen LogP contribution in [0.25, 0.3) is 0 Å². The van der Waals surface area contributed by atoms with Crippen molar-refractivity contribution in [2.45, 2.75) is 19.9 Å². The van der Waals surface area contributed by atoms with Crippen LogP contribution in [0.15, 0.2) is 0 Å². The van der Waals surface area contributed by atoms with E-state index in [-0.39, 0.29) is 19.2 Å². The van der Waals surface area contributed by atoms with Gasteiger partial charge in [0, 0.05) is 26.2 Å². The van der Waals surface area contributed by atoms with Crippen LogP contribution in [0.4, 0.5) is 4.79 Å². The van der Waals surface area contributed by atoms with E-state index in [1.165, 1.54) is 7.11 Å². The fraction of sp³-hybridized carbons (Fsp3) is 0.818. The molecule has 0 aromatic rings. The Kier molecular flexibility index (Phi) is 9.17. The summed E-state index contributed by atoms with van der Waals surface area (Å²) in [7, 11) is 1.53. The highest BCUT2D eigenvalue weighted by Gasteiger charge is 2.15. The molecule has 106 valence electrons. The van der Waals surface area contributed by atoms with Gasteiger partial charge in [-0.2, -0.15) is 0 Å². The molecule has 0 spiro atoms. The lowest BCUT2D eigenvalue weighted by molar-refractivity contribution is -0.121. The Bertz CT molecular complexity index is 259. The largest absolute Gasteiger partial charge is 0.395 e. The van der Waals surface area contributed by atoms with Crippen LogP contribution in [0.5, 0.6) is 0 Å². The van der Waals surface area contributed by atoms with Crippen molar-refractivity contribution in [3.05, 3.63) is 0 Å². The fourth-order valence-corrected chi connectivity index (χ4v) is 1.31. The van der Waals surface area contributed by atoms with Gasteiger partial charge in [-0.3, -0.25) is 15.0 Å². The summed E-state index contributed by atoms with van der Waals surface area (Å²) in [5, 5.41) is 13.6. The molecule has 0 fully saturated rings. The van der Waals surface area contributed by atoms with Gasteiger partial charge in [0.25, 0.3) is 0 Å². The lowest BCUT2D eigenvalue weighted by Gasteiger charge is -2.24. The van der Waals surface area contributed by atoms with Gasteiger partial charge in [-0.15, -0.1) is 0 Å². The second kappa shape index (κ2) is 9.81. The van der Waals surface area contributed by atoms with E-state index in [4.69, 9.17) is 9.84 Å². The van der Waals surface area contributed by atoms with Gasteiger partial charge < -0.3 is 15.2 Å². The molecule has 0 aromatic carbocycles. The molecule has 7 nitrogen and oxygen atoms in total. The lowest BCUT2D eigenvalue weighted by Crippen LogP contribution is -2.47. The summed E-state index contributed by atoms with van der Waals surface area (Å²) in [5.74, 6) is -0.396. The number of hydrogen-bond donors (Lipinski definition) is 3. The minimum atomic E-state index is -0.537. The van der Waals surface area contributed by atoms with Crippen LogP contribution in [-0.2, 0) is 9.53 Å². The minimum Gasteiger partial charge on any atom is -0.395 e. The van der Waals surface area contributed by atoms with E-state index in [1.807, 2.05) is 13.8 Å². The predicted octanol–water partition coefficient (Wildman–Crippen LogP) is -0.839. The first-order chi connectivity index (χ1) is 8.51. The molecule has 0 bridgehead atoms. The van der Waals surface area contributed by atoms with Gasteiger partial charge >= 0.3 is 6.03 Å². The zero-order chi connectivity index (χ0) is 14.0. The zero-order valence-corrected chi connectivity index (χ0v) is 11.2. The SMILES string of the molecule is COCCNC(=O)NC(=O)CN(CCO)C(C)C. The summed E-state index contributed by atoms with van der Waals surface area (Å²) in [4.78, 5) is 24.6. The molecule has 0 unspecified atom stereocenters. The van der Waals surface area contributed by atoms with E-state index in [9.17, 15) is 9.59 Å². The third-order valence-electron chi connectivity index (χ3n) is 2.31. The Morgan fingerprint density at radius 3 is 2.56 bits per heavy atom. The molecule has 7 heteroatoms. The van der Waals surface area contributed by atoms with Crippen molar-refractivity contribution in [3.8, 4) is 0 Å². The fourth-order valence-electron chi connectivity index (χ4n) is 1.31. The van der Waals surface area contributed by atoms with Crippen LogP contribution < -0.4 is 10.6 Å². The molecule has 0 atom stereocenters. The molecular formula is C11H23N3O4. The molecule has 18 heavy (non-hydrogen) atoms. The number of hydrogen-bond acceptors (Lipinski definition) is 5. The number of nitrogens with zero attached hydrogens (tertiary/aromatic N) is 1. The quantitative estimate of drug-likeness (QED) is 0.496. The Hall–Kier alpha value is -1.18. The number of rotatable bonds is 8. The third kappa shape index (κ3) is 7.99. The van der Waals surface area contributed by atoms with E-state index >= 15 is 0 Å². The molecule has 0 aromatic heterocycles. The lowest BCUT2D eigenvalue weighted by atomic mass is 10.3. The van der Waals surface area contributed by atoms with E-state index < -0.39 is 11.9 Å². The molecule has 0 heterocycles. The number of carbonyl (C=O) groups is 2. The monoisotopic (exact) mass is 261 g/mol. The summed E-state index contributed by atoms with van der Waals surface area (Å²) in [5.41, 5.74) is 0. The number of nitrogens with one attached hydrogen (secondary N) is 2. The summed E-state index contributed by atoms with van der Waals surface area (Å²) < 4.78 is 4.76. The summed E-state index contributed by atoms with van der Waals surface area (Å²) in [6, 6.07) is -0.413. The maximum absolute atomic E-state index is 11.5. The smallest absolute Gasteiger partial charge is 0.321 e. The number of carbonyl (C=O) groups excluding carboxylic acids is 2. The van der Waals surface area contributed by atoms with Crippen molar-refractivity contribution < 1.29 is 19.4 Å². The highest BCUT2D eigenvalue weighted by molar-refractivity contribution is 5.95. The average molecular weight is 261 g/mol. The standard InChI is InChI=1S/C11H23N3O4/c1-9(2)14(5-6-15)8-10(16)13-11(17)12-4-7-18-3/h9,15H,4-8H2,1-3H3,(H2,12,13,16,17). The zero-order valence-electron chi connectivity index (χ0n) is 11.2. The minimum absolute atomic E-state index is 0.0223. The van der Waals surface area contributed by atoms with E-state index in [1.54, 1.807) is 4.90 Å². The van der Waals surface area contributed by atoms with Crippen LogP contribution >= 0.6 is 0 Å². The molecule has 0 aliphatic heterocycles. The van der Waals surface area contributed by atoms with Crippen molar-refractivity contribution in [1.82, 2.24) is 15.5 Å². The number of methoxy groups -OCH3 is 1. The molecule has 0 radical (unpaired) electrons. The second-order valence-electron chi connectivity index (χ2n) is 4.08. The molecule has 0 saturated heterocycles. The molecule has 0 aliphatic carbocycles. The van der Waals surface area contributed by atoms with Gasteiger partial charge in [0.15, 0.2) is 0 Å². The Morgan fingerprint density at radius 2 is 2.06 bits per heavy atom. The molecule has 0 rings (SSSR count). The van der Waals surface area contributed by atoms with E-state index in [0.717, 1.165) is 0 Å². The predicted molar refractivity (Wildman–Crippen MR) is 67.2 cm³/mol. The van der Waals surface area contributed by atoms with Gasteiger partial charge in [-0.05, 0) is 13.8 Å². The van der Waals surface area contributed by atoms with Crippen molar-refractivity contribution in [2.75, 3.05) is 40.0 Å². The van der Waals surface area contributed by atoms with Crippen LogP contribution in [0.3, 0.4) is 0 Å². The number of aliphatic hydroxyl groups is 1. The summed E-state index contributed by atoms with van der Waals surface area (Å²) in [6.07, 6.45) is 0. The normalized spacial score (nSPS) is 10.8. The van der Waals surface area contributed by atoms with Gasteiger partial charge in [0.2, 0.25) is 5.91 Å². The van der Waals surface area contributed by atoms with Gasteiger partial charge in [-0.1, -0.05) is 0 Å². The number of aliphatic hydroxyl groups excluding tert-OH is 1. The van der Waals surface area contributed by atoms with E-state index in [2.05, 4.69) is 10.6 Å². The van der Waals surface area contributed by atoms with Crippen molar-refractivity contribution in [3.63, 3.8) is 0 Å². The Morgan fingerprint density at radius 1 is 1.39 bits per heavy atom. The summed E-state index contributed by atoms with van der Waals surface area (Å²) >= 11 is 0. The molecule has 3 N–H and O–H groups in total. The first kappa shape index (κ1) is 16.8. The Balaban J connectivity index is 3.96. The molecule has 0 saturated carbocycles.